The van der Waals surface area contributed by atoms with Gasteiger partial charge in [0.1, 0.15) is 12.4 Å². The first-order valence-electron chi connectivity index (χ1n) is 5.97. The lowest BCUT2D eigenvalue weighted by Gasteiger charge is -2.16. The maximum Gasteiger partial charge on any atom is 0.124 e. The zero-order chi connectivity index (χ0) is 11.4. The molecule has 2 rings (SSSR count). The molecular weight excluding hydrogens is 200 g/mol. The molecule has 2 N–H and O–H groups in total. The Labute approximate surface area is 97.2 Å². The number of benzene rings is 1. The summed E-state index contributed by atoms with van der Waals surface area (Å²) in [6.07, 6.45) is 2.66. The highest BCUT2D eigenvalue weighted by Gasteiger charge is 2.11. The quantitative estimate of drug-likeness (QED) is 0.789. The average Bonchev–Trinajstić information content (AvgIpc) is 2.76. The third-order valence-electron chi connectivity index (χ3n) is 3.08. The first-order valence-corrected chi connectivity index (χ1v) is 5.97. The molecule has 16 heavy (non-hydrogen) atoms. The second kappa shape index (κ2) is 5.21. The third kappa shape index (κ3) is 2.89. The van der Waals surface area contributed by atoms with Gasteiger partial charge in [0.25, 0.3) is 0 Å². The molecule has 3 nitrogen and oxygen atoms in total. The van der Waals surface area contributed by atoms with Crippen LogP contribution in [-0.4, -0.2) is 31.1 Å². The molecule has 1 heterocycles. The van der Waals surface area contributed by atoms with Gasteiger partial charge in [0.05, 0.1) is 0 Å². The fourth-order valence-corrected chi connectivity index (χ4v) is 2.06. The van der Waals surface area contributed by atoms with Gasteiger partial charge in [0.2, 0.25) is 0 Å². The lowest BCUT2D eigenvalue weighted by molar-refractivity contribution is 0.237. The van der Waals surface area contributed by atoms with Crippen LogP contribution in [0.25, 0.3) is 0 Å². The average molecular weight is 220 g/mol. The fourth-order valence-electron chi connectivity index (χ4n) is 2.06. The van der Waals surface area contributed by atoms with E-state index < -0.39 is 0 Å². The van der Waals surface area contributed by atoms with E-state index in [4.69, 9.17) is 10.5 Å². The number of aryl methyl sites for hydroxylation is 1. The number of ether oxygens (including phenoxy) is 1. The highest BCUT2D eigenvalue weighted by atomic mass is 16.5. The molecule has 0 atom stereocenters. The third-order valence-corrected chi connectivity index (χ3v) is 3.08. The lowest BCUT2D eigenvalue weighted by Crippen LogP contribution is -2.25. The van der Waals surface area contributed by atoms with E-state index in [1.54, 1.807) is 0 Å². The molecule has 0 spiro atoms. The minimum atomic E-state index is 0.754. The molecule has 0 radical (unpaired) electrons. The Hall–Kier alpha value is -1.22. The largest absolute Gasteiger partial charge is 0.492 e. The topological polar surface area (TPSA) is 38.5 Å². The van der Waals surface area contributed by atoms with Crippen molar-refractivity contribution in [1.29, 1.82) is 0 Å². The fraction of sp³-hybridized carbons (Fsp3) is 0.538. The van der Waals surface area contributed by atoms with Crippen molar-refractivity contribution < 1.29 is 4.74 Å². The summed E-state index contributed by atoms with van der Waals surface area (Å²) >= 11 is 0. The van der Waals surface area contributed by atoms with Crippen LogP contribution in [0.3, 0.4) is 0 Å². The summed E-state index contributed by atoms with van der Waals surface area (Å²) < 4.78 is 5.76. The summed E-state index contributed by atoms with van der Waals surface area (Å²) in [5.74, 6) is 0.916. The molecule has 1 aliphatic heterocycles. The summed E-state index contributed by atoms with van der Waals surface area (Å²) in [6.45, 7) is 6.27. The van der Waals surface area contributed by atoms with E-state index >= 15 is 0 Å². The van der Waals surface area contributed by atoms with E-state index in [1.807, 2.05) is 25.1 Å². The molecule has 1 aliphatic rings. The van der Waals surface area contributed by atoms with Gasteiger partial charge in [-0.15, -0.1) is 0 Å². The van der Waals surface area contributed by atoms with Gasteiger partial charge in [-0.25, -0.2) is 0 Å². The normalized spacial score (nSPS) is 16.6. The van der Waals surface area contributed by atoms with Crippen molar-refractivity contribution in [2.75, 3.05) is 32.0 Å². The van der Waals surface area contributed by atoms with Crippen molar-refractivity contribution in [2.45, 2.75) is 19.8 Å². The van der Waals surface area contributed by atoms with Crippen molar-refractivity contribution >= 4 is 5.69 Å². The monoisotopic (exact) mass is 220 g/mol. The van der Waals surface area contributed by atoms with Crippen LogP contribution < -0.4 is 10.5 Å². The van der Waals surface area contributed by atoms with Gasteiger partial charge in [0.15, 0.2) is 0 Å². The molecule has 1 saturated heterocycles. The number of hydrogen-bond acceptors (Lipinski definition) is 3. The summed E-state index contributed by atoms with van der Waals surface area (Å²) in [5, 5.41) is 0. The van der Waals surface area contributed by atoms with Crippen molar-refractivity contribution in [3.05, 3.63) is 23.8 Å². The summed E-state index contributed by atoms with van der Waals surface area (Å²) in [5.41, 5.74) is 7.65. The number of nitrogens with two attached hydrogens (primary N) is 1. The minimum absolute atomic E-state index is 0.754. The Balaban J connectivity index is 1.82. The van der Waals surface area contributed by atoms with Crippen molar-refractivity contribution in [3.63, 3.8) is 0 Å². The SMILES string of the molecule is Cc1ccc(N)cc1OCCN1CCCC1. The van der Waals surface area contributed by atoms with Crippen LogP contribution in [0.15, 0.2) is 18.2 Å². The van der Waals surface area contributed by atoms with E-state index in [1.165, 1.54) is 25.9 Å². The van der Waals surface area contributed by atoms with Gasteiger partial charge >= 0.3 is 0 Å². The Morgan fingerprint density at radius 2 is 2.06 bits per heavy atom. The molecule has 0 aromatic heterocycles. The Kier molecular flexibility index (Phi) is 3.67. The Morgan fingerprint density at radius 3 is 2.81 bits per heavy atom. The number of rotatable bonds is 4. The van der Waals surface area contributed by atoms with Crippen molar-refractivity contribution in [3.8, 4) is 5.75 Å². The summed E-state index contributed by atoms with van der Waals surface area (Å²) in [7, 11) is 0. The van der Waals surface area contributed by atoms with Crippen LogP contribution in [0.5, 0.6) is 5.75 Å². The van der Waals surface area contributed by atoms with Crippen LogP contribution in [-0.2, 0) is 0 Å². The number of nitrogens with zero attached hydrogens (tertiary/aromatic N) is 1. The smallest absolute Gasteiger partial charge is 0.124 e. The van der Waals surface area contributed by atoms with Crippen LogP contribution in [0.1, 0.15) is 18.4 Å². The predicted octanol–water partition coefficient (Wildman–Crippen LogP) is 2.05. The molecule has 0 saturated carbocycles. The molecule has 0 bridgehead atoms. The van der Waals surface area contributed by atoms with Crippen LogP contribution in [0.4, 0.5) is 5.69 Å². The van der Waals surface area contributed by atoms with Crippen LogP contribution in [0, 0.1) is 6.92 Å². The maximum atomic E-state index is 5.76. The van der Waals surface area contributed by atoms with Gasteiger partial charge in [-0.3, -0.25) is 4.90 Å². The van der Waals surface area contributed by atoms with E-state index in [0.717, 1.165) is 30.2 Å². The molecule has 1 fully saturated rings. The first-order chi connectivity index (χ1) is 7.75. The summed E-state index contributed by atoms with van der Waals surface area (Å²) in [6, 6.07) is 5.81. The first kappa shape index (κ1) is 11.3. The molecule has 1 aromatic carbocycles. The highest BCUT2D eigenvalue weighted by Crippen LogP contribution is 2.20. The Morgan fingerprint density at radius 1 is 1.31 bits per heavy atom. The van der Waals surface area contributed by atoms with Gasteiger partial charge in [-0.05, 0) is 44.5 Å². The van der Waals surface area contributed by atoms with Gasteiger partial charge in [-0.1, -0.05) is 6.07 Å². The molecule has 0 amide bonds. The van der Waals surface area contributed by atoms with Gasteiger partial charge < -0.3 is 10.5 Å². The molecule has 3 heteroatoms. The molecular formula is C13H20N2O. The maximum absolute atomic E-state index is 5.76. The molecule has 1 aromatic rings. The van der Waals surface area contributed by atoms with E-state index in [-0.39, 0.29) is 0 Å². The zero-order valence-electron chi connectivity index (χ0n) is 9.91. The molecule has 88 valence electrons. The zero-order valence-corrected chi connectivity index (χ0v) is 9.91. The van der Waals surface area contributed by atoms with E-state index in [0.29, 0.717) is 0 Å². The predicted molar refractivity (Wildman–Crippen MR) is 66.8 cm³/mol. The second-order valence-corrected chi connectivity index (χ2v) is 4.42. The highest BCUT2D eigenvalue weighted by molar-refractivity contribution is 5.47. The van der Waals surface area contributed by atoms with Gasteiger partial charge in [-0.2, -0.15) is 0 Å². The van der Waals surface area contributed by atoms with Crippen LogP contribution in [0.2, 0.25) is 0 Å². The summed E-state index contributed by atoms with van der Waals surface area (Å²) in [4.78, 5) is 2.45. The van der Waals surface area contributed by atoms with Crippen LogP contribution >= 0.6 is 0 Å². The number of likely N-dealkylation sites (tertiary alicyclic amines) is 1. The second-order valence-electron chi connectivity index (χ2n) is 4.42. The van der Waals surface area contributed by atoms with Crippen molar-refractivity contribution in [1.82, 2.24) is 4.90 Å². The van der Waals surface area contributed by atoms with E-state index in [2.05, 4.69) is 4.90 Å². The number of anilines is 1. The molecule has 0 unspecified atom stereocenters. The number of nitrogen functional groups attached to an aromatic ring is 1. The Bertz CT molecular complexity index is 346. The molecule has 0 aliphatic carbocycles. The standard InChI is InChI=1S/C13H20N2O/c1-11-4-5-12(14)10-13(11)16-9-8-15-6-2-3-7-15/h4-5,10H,2-3,6-9,14H2,1H3. The van der Waals surface area contributed by atoms with E-state index in [9.17, 15) is 0 Å². The van der Waals surface area contributed by atoms with Gasteiger partial charge in [0, 0.05) is 18.3 Å². The lowest BCUT2D eigenvalue weighted by atomic mass is 10.2. The van der Waals surface area contributed by atoms with Crippen molar-refractivity contribution in [2.24, 2.45) is 0 Å². The minimum Gasteiger partial charge on any atom is -0.492 e. The number of hydrogen-bond donors (Lipinski definition) is 1.